The molecule has 1 aliphatic carbocycles. The summed E-state index contributed by atoms with van der Waals surface area (Å²) >= 11 is 0. The second kappa shape index (κ2) is 6.27. The Kier molecular flexibility index (Phi) is 4.75. The van der Waals surface area contributed by atoms with Crippen LogP contribution in [0.3, 0.4) is 0 Å². The molecule has 1 aromatic carbocycles. The highest BCUT2D eigenvalue weighted by molar-refractivity contribution is 7.42. The van der Waals surface area contributed by atoms with E-state index in [1.165, 1.54) is 16.7 Å². The first kappa shape index (κ1) is 18.2. The van der Waals surface area contributed by atoms with Gasteiger partial charge in [-0.15, -0.1) is 0 Å². The third-order valence-electron chi connectivity index (χ3n) is 4.82. The van der Waals surface area contributed by atoms with E-state index in [0.29, 0.717) is 12.2 Å². The van der Waals surface area contributed by atoms with Crippen LogP contribution in [0.15, 0.2) is 12.1 Å². The summed E-state index contributed by atoms with van der Waals surface area (Å²) in [6.07, 6.45) is 3.85. The molecule has 0 spiro atoms. The van der Waals surface area contributed by atoms with E-state index in [9.17, 15) is 0 Å². The van der Waals surface area contributed by atoms with Gasteiger partial charge in [0, 0.05) is 17.5 Å². The number of rotatable bonds is 2. The van der Waals surface area contributed by atoms with Crippen LogP contribution in [-0.2, 0) is 19.9 Å². The van der Waals surface area contributed by atoms with E-state index in [1.54, 1.807) is 0 Å². The standard InChI is InChI=1S/C20H31O3P/c1-13-10-16(19(2,3)4)18(17(11-13)20(5,6)7)23-24-21-14-8-9-15(12-14)22-24/h10-11,14-15H,8-9,12H2,1-7H3. The second-order valence-corrected chi connectivity index (χ2v) is 10.3. The summed E-state index contributed by atoms with van der Waals surface area (Å²) in [5.41, 5.74) is 3.76. The zero-order valence-electron chi connectivity index (χ0n) is 16.1. The normalized spacial score (nSPS) is 27.4. The SMILES string of the molecule is Cc1cc(C(C)(C)C)c(OP2OC3CCC(C3)O2)c(C(C)(C)C)c1. The minimum Gasteiger partial charge on any atom is -0.426 e. The highest BCUT2D eigenvalue weighted by Crippen LogP contribution is 2.55. The molecular formula is C20H31O3P. The maximum atomic E-state index is 6.43. The topological polar surface area (TPSA) is 27.7 Å². The summed E-state index contributed by atoms with van der Waals surface area (Å²) in [5, 5.41) is 0. The summed E-state index contributed by atoms with van der Waals surface area (Å²) in [4.78, 5) is 0. The molecule has 3 rings (SSSR count). The largest absolute Gasteiger partial charge is 0.426 e. The first-order chi connectivity index (χ1) is 11.0. The van der Waals surface area contributed by atoms with Gasteiger partial charge >= 0.3 is 8.60 Å². The van der Waals surface area contributed by atoms with Gasteiger partial charge in [-0.3, -0.25) is 9.05 Å². The third-order valence-corrected chi connectivity index (χ3v) is 6.09. The van der Waals surface area contributed by atoms with Crippen LogP contribution < -0.4 is 4.52 Å². The van der Waals surface area contributed by atoms with Crippen LogP contribution in [0, 0.1) is 6.92 Å². The summed E-state index contributed by atoms with van der Waals surface area (Å²) < 4.78 is 18.6. The fourth-order valence-electron chi connectivity index (χ4n) is 3.46. The minimum atomic E-state index is -1.30. The van der Waals surface area contributed by atoms with Gasteiger partial charge in [-0.2, -0.15) is 0 Å². The minimum absolute atomic E-state index is 0.00541. The van der Waals surface area contributed by atoms with E-state index >= 15 is 0 Å². The second-order valence-electron chi connectivity index (χ2n) is 9.27. The Morgan fingerprint density at radius 2 is 1.38 bits per heavy atom. The molecule has 2 bridgehead atoms. The number of benzene rings is 1. The van der Waals surface area contributed by atoms with E-state index in [2.05, 4.69) is 60.6 Å². The van der Waals surface area contributed by atoms with Crippen LogP contribution in [-0.4, -0.2) is 12.2 Å². The molecule has 1 saturated heterocycles. The number of hydrogen-bond donors (Lipinski definition) is 0. The Bertz CT molecular complexity index is 565. The van der Waals surface area contributed by atoms with Crippen molar-refractivity contribution in [3.8, 4) is 5.75 Å². The molecule has 1 aliphatic heterocycles. The fraction of sp³-hybridized carbons (Fsp3) is 0.700. The van der Waals surface area contributed by atoms with Crippen LogP contribution in [0.25, 0.3) is 0 Å². The lowest BCUT2D eigenvalue weighted by Crippen LogP contribution is -2.22. The van der Waals surface area contributed by atoms with Crippen molar-refractivity contribution in [2.24, 2.45) is 0 Å². The van der Waals surface area contributed by atoms with Gasteiger partial charge in [-0.1, -0.05) is 59.2 Å². The predicted octanol–water partition coefficient (Wildman–Crippen LogP) is 6.16. The van der Waals surface area contributed by atoms with Crippen molar-refractivity contribution < 1.29 is 13.6 Å². The van der Waals surface area contributed by atoms with Gasteiger partial charge in [0.05, 0.1) is 12.2 Å². The Balaban J connectivity index is 2.00. The molecule has 134 valence electrons. The summed E-state index contributed by atoms with van der Waals surface area (Å²) in [6, 6.07) is 4.50. The fourth-order valence-corrected chi connectivity index (χ4v) is 4.82. The van der Waals surface area contributed by atoms with Gasteiger partial charge < -0.3 is 4.52 Å². The summed E-state index contributed by atoms with van der Waals surface area (Å²) in [5.74, 6) is 0.966. The van der Waals surface area contributed by atoms with Crippen LogP contribution in [0.4, 0.5) is 0 Å². The average molecular weight is 350 g/mol. The van der Waals surface area contributed by atoms with Gasteiger partial charge in [-0.25, -0.2) is 0 Å². The van der Waals surface area contributed by atoms with Crippen LogP contribution in [0.1, 0.15) is 77.5 Å². The maximum absolute atomic E-state index is 6.43. The molecule has 1 heterocycles. The quantitative estimate of drug-likeness (QED) is 0.598. The lowest BCUT2D eigenvalue weighted by atomic mass is 9.78. The van der Waals surface area contributed by atoms with Crippen molar-refractivity contribution in [2.45, 2.75) is 90.8 Å². The first-order valence-electron chi connectivity index (χ1n) is 9.01. The monoisotopic (exact) mass is 350 g/mol. The molecule has 0 N–H and O–H groups in total. The Hall–Kier alpha value is -0.630. The molecule has 0 radical (unpaired) electrons. The number of aryl methyl sites for hydroxylation is 1. The molecule has 1 aromatic rings. The Labute approximate surface area is 148 Å². The molecule has 2 aliphatic rings. The third kappa shape index (κ3) is 3.79. The molecule has 1 saturated carbocycles. The molecule has 4 heteroatoms. The van der Waals surface area contributed by atoms with E-state index in [-0.39, 0.29) is 10.8 Å². The summed E-state index contributed by atoms with van der Waals surface area (Å²) in [6.45, 7) is 15.6. The van der Waals surface area contributed by atoms with Gasteiger partial charge in [0.15, 0.2) is 0 Å². The molecule has 0 aromatic heterocycles. The molecule has 2 fully saturated rings. The van der Waals surface area contributed by atoms with Crippen molar-refractivity contribution in [3.63, 3.8) is 0 Å². The number of fused-ring (bicyclic) bond motifs is 2. The van der Waals surface area contributed by atoms with E-state index in [4.69, 9.17) is 13.6 Å². The lowest BCUT2D eigenvalue weighted by molar-refractivity contribution is 0.0783. The van der Waals surface area contributed by atoms with Crippen molar-refractivity contribution in [3.05, 3.63) is 28.8 Å². The molecule has 2 unspecified atom stereocenters. The lowest BCUT2D eigenvalue weighted by Gasteiger charge is -2.33. The number of hydrogen-bond acceptors (Lipinski definition) is 3. The smallest absolute Gasteiger partial charge is 0.397 e. The van der Waals surface area contributed by atoms with E-state index in [0.717, 1.165) is 25.0 Å². The Morgan fingerprint density at radius 1 is 0.917 bits per heavy atom. The van der Waals surface area contributed by atoms with Crippen LogP contribution in [0.5, 0.6) is 5.75 Å². The maximum Gasteiger partial charge on any atom is 0.397 e. The van der Waals surface area contributed by atoms with Gasteiger partial charge in [0.25, 0.3) is 0 Å². The van der Waals surface area contributed by atoms with Gasteiger partial charge in [0.1, 0.15) is 5.75 Å². The first-order valence-corrected chi connectivity index (χ1v) is 10.1. The van der Waals surface area contributed by atoms with Crippen molar-refractivity contribution in [2.75, 3.05) is 0 Å². The zero-order valence-corrected chi connectivity index (χ0v) is 17.0. The van der Waals surface area contributed by atoms with Gasteiger partial charge in [0.2, 0.25) is 0 Å². The van der Waals surface area contributed by atoms with Crippen LogP contribution >= 0.6 is 8.60 Å². The van der Waals surface area contributed by atoms with Crippen molar-refractivity contribution in [1.82, 2.24) is 0 Å². The van der Waals surface area contributed by atoms with E-state index < -0.39 is 8.60 Å². The van der Waals surface area contributed by atoms with Gasteiger partial charge in [-0.05, 0) is 30.6 Å². The van der Waals surface area contributed by atoms with Crippen LogP contribution in [0.2, 0.25) is 0 Å². The molecule has 24 heavy (non-hydrogen) atoms. The molecule has 0 amide bonds. The highest BCUT2D eigenvalue weighted by Gasteiger charge is 2.40. The zero-order chi connectivity index (χ0) is 17.7. The molecule has 2 atom stereocenters. The predicted molar refractivity (Wildman–Crippen MR) is 99.7 cm³/mol. The molecular weight excluding hydrogens is 319 g/mol. The highest BCUT2D eigenvalue weighted by atomic mass is 31.2. The molecule has 3 nitrogen and oxygen atoms in total. The van der Waals surface area contributed by atoms with Crippen molar-refractivity contribution >= 4 is 8.60 Å². The summed E-state index contributed by atoms with van der Waals surface area (Å²) in [7, 11) is -1.30. The average Bonchev–Trinajstić information content (AvgIpc) is 2.77. The van der Waals surface area contributed by atoms with Crippen molar-refractivity contribution in [1.29, 1.82) is 0 Å². The van der Waals surface area contributed by atoms with E-state index in [1.807, 2.05) is 0 Å². The Morgan fingerprint density at radius 3 is 1.79 bits per heavy atom.